The summed E-state index contributed by atoms with van der Waals surface area (Å²) < 4.78 is 6.87. The standard InChI is InChI=1S/C12H17N5O/c1-8-9(7-17(2)16-8)6-14-11-5-4-10(13)12(15-11)18-3/h4-5,7H,6,13H2,1-3H3,(H,14,15). The average Bonchev–Trinajstić information content (AvgIpc) is 2.67. The second kappa shape index (κ2) is 4.95. The van der Waals surface area contributed by atoms with Gasteiger partial charge in [-0.05, 0) is 19.1 Å². The predicted octanol–water partition coefficient (Wildman–Crippen LogP) is 1.33. The molecule has 0 aliphatic rings. The van der Waals surface area contributed by atoms with Crippen LogP contribution >= 0.6 is 0 Å². The van der Waals surface area contributed by atoms with Gasteiger partial charge in [-0.25, -0.2) is 0 Å². The molecule has 18 heavy (non-hydrogen) atoms. The number of nitrogen functional groups attached to an aromatic ring is 1. The number of rotatable bonds is 4. The fourth-order valence-electron chi connectivity index (χ4n) is 1.72. The van der Waals surface area contributed by atoms with Gasteiger partial charge in [0.25, 0.3) is 0 Å². The smallest absolute Gasteiger partial charge is 0.238 e. The van der Waals surface area contributed by atoms with E-state index in [4.69, 9.17) is 10.5 Å². The third-order valence-electron chi connectivity index (χ3n) is 2.66. The molecule has 0 aromatic carbocycles. The number of pyridine rings is 1. The van der Waals surface area contributed by atoms with Crippen molar-refractivity contribution in [2.24, 2.45) is 7.05 Å². The van der Waals surface area contributed by atoms with Gasteiger partial charge in [-0.3, -0.25) is 4.68 Å². The topological polar surface area (TPSA) is 78.0 Å². The van der Waals surface area contributed by atoms with Crippen molar-refractivity contribution in [1.29, 1.82) is 0 Å². The van der Waals surface area contributed by atoms with Crippen LogP contribution in [0.4, 0.5) is 11.5 Å². The minimum absolute atomic E-state index is 0.433. The molecule has 0 aliphatic heterocycles. The summed E-state index contributed by atoms with van der Waals surface area (Å²) in [6.45, 7) is 2.65. The number of ether oxygens (including phenoxy) is 1. The van der Waals surface area contributed by atoms with E-state index in [-0.39, 0.29) is 0 Å². The molecular formula is C12H17N5O. The molecule has 0 amide bonds. The van der Waals surface area contributed by atoms with Crippen molar-refractivity contribution in [3.8, 4) is 5.88 Å². The molecule has 96 valence electrons. The van der Waals surface area contributed by atoms with Gasteiger partial charge in [-0.1, -0.05) is 0 Å². The molecule has 0 unspecified atom stereocenters. The second-order valence-corrected chi connectivity index (χ2v) is 4.06. The lowest BCUT2D eigenvalue weighted by Gasteiger charge is -2.08. The summed E-state index contributed by atoms with van der Waals surface area (Å²) in [5.41, 5.74) is 8.38. The van der Waals surface area contributed by atoms with Gasteiger partial charge in [0.2, 0.25) is 5.88 Å². The van der Waals surface area contributed by atoms with Crippen LogP contribution in [0.15, 0.2) is 18.3 Å². The molecule has 2 rings (SSSR count). The molecule has 0 bridgehead atoms. The summed E-state index contributed by atoms with van der Waals surface area (Å²) in [5, 5.41) is 7.50. The van der Waals surface area contributed by atoms with Crippen LogP contribution in [0.5, 0.6) is 5.88 Å². The van der Waals surface area contributed by atoms with Crippen molar-refractivity contribution >= 4 is 11.5 Å². The predicted molar refractivity (Wildman–Crippen MR) is 70.5 cm³/mol. The molecule has 6 nitrogen and oxygen atoms in total. The van der Waals surface area contributed by atoms with Crippen molar-refractivity contribution in [2.75, 3.05) is 18.2 Å². The van der Waals surface area contributed by atoms with E-state index in [2.05, 4.69) is 15.4 Å². The van der Waals surface area contributed by atoms with Gasteiger partial charge >= 0.3 is 0 Å². The number of hydrogen-bond donors (Lipinski definition) is 2. The Balaban J connectivity index is 2.08. The second-order valence-electron chi connectivity index (χ2n) is 4.06. The monoisotopic (exact) mass is 247 g/mol. The molecule has 2 aromatic heterocycles. The molecule has 2 heterocycles. The molecule has 0 aliphatic carbocycles. The van der Waals surface area contributed by atoms with E-state index in [1.54, 1.807) is 17.9 Å². The van der Waals surface area contributed by atoms with Crippen molar-refractivity contribution < 1.29 is 4.74 Å². The maximum absolute atomic E-state index is 5.71. The lowest BCUT2D eigenvalue weighted by molar-refractivity contribution is 0.401. The summed E-state index contributed by atoms with van der Waals surface area (Å²) >= 11 is 0. The number of hydrogen-bond acceptors (Lipinski definition) is 5. The van der Waals surface area contributed by atoms with Gasteiger partial charge in [0.1, 0.15) is 5.82 Å². The summed E-state index contributed by atoms with van der Waals surface area (Å²) in [6, 6.07) is 3.59. The van der Waals surface area contributed by atoms with E-state index in [0.717, 1.165) is 17.1 Å². The average molecular weight is 247 g/mol. The number of nitrogens with one attached hydrogen (secondary N) is 1. The fourth-order valence-corrected chi connectivity index (χ4v) is 1.72. The van der Waals surface area contributed by atoms with Crippen LogP contribution in [-0.4, -0.2) is 21.9 Å². The first-order valence-electron chi connectivity index (χ1n) is 5.63. The van der Waals surface area contributed by atoms with Gasteiger partial charge in [-0.2, -0.15) is 10.1 Å². The first-order valence-corrected chi connectivity index (χ1v) is 5.63. The van der Waals surface area contributed by atoms with E-state index in [0.29, 0.717) is 18.1 Å². The first kappa shape index (κ1) is 12.2. The van der Waals surface area contributed by atoms with Crippen LogP contribution in [-0.2, 0) is 13.6 Å². The van der Waals surface area contributed by atoms with Gasteiger partial charge < -0.3 is 15.8 Å². The van der Waals surface area contributed by atoms with Crippen molar-refractivity contribution in [2.45, 2.75) is 13.5 Å². The van der Waals surface area contributed by atoms with Crippen molar-refractivity contribution in [1.82, 2.24) is 14.8 Å². The summed E-state index contributed by atoms with van der Waals surface area (Å²) in [5.74, 6) is 1.16. The van der Waals surface area contributed by atoms with Crippen LogP contribution < -0.4 is 15.8 Å². The van der Waals surface area contributed by atoms with E-state index in [1.807, 2.05) is 26.2 Å². The molecule has 3 N–H and O–H groups in total. The Bertz CT molecular complexity index is 549. The summed E-state index contributed by atoms with van der Waals surface area (Å²) in [6.07, 6.45) is 1.98. The number of aryl methyl sites for hydroxylation is 2. The zero-order chi connectivity index (χ0) is 13.1. The Morgan fingerprint density at radius 3 is 2.83 bits per heavy atom. The summed E-state index contributed by atoms with van der Waals surface area (Å²) in [4.78, 5) is 4.26. The van der Waals surface area contributed by atoms with Crippen LogP contribution in [0.25, 0.3) is 0 Å². The molecule has 2 aromatic rings. The zero-order valence-electron chi connectivity index (χ0n) is 10.8. The molecule has 6 heteroatoms. The largest absolute Gasteiger partial charge is 0.479 e. The maximum Gasteiger partial charge on any atom is 0.238 e. The molecule has 0 atom stereocenters. The van der Waals surface area contributed by atoms with Crippen LogP contribution in [0.2, 0.25) is 0 Å². The lowest BCUT2D eigenvalue weighted by Crippen LogP contribution is -2.04. The van der Waals surface area contributed by atoms with Crippen molar-refractivity contribution in [3.63, 3.8) is 0 Å². The molecule has 0 saturated heterocycles. The Kier molecular flexibility index (Phi) is 3.36. The quantitative estimate of drug-likeness (QED) is 0.852. The highest BCUT2D eigenvalue weighted by Crippen LogP contribution is 2.20. The van der Waals surface area contributed by atoms with E-state index in [1.165, 1.54) is 0 Å². The minimum Gasteiger partial charge on any atom is -0.479 e. The van der Waals surface area contributed by atoms with Gasteiger partial charge in [-0.15, -0.1) is 0 Å². The van der Waals surface area contributed by atoms with Crippen LogP contribution in [0, 0.1) is 6.92 Å². The zero-order valence-corrected chi connectivity index (χ0v) is 10.8. The number of aromatic nitrogens is 3. The Morgan fingerprint density at radius 1 is 1.44 bits per heavy atom. The number of nitrogens with two attached hydrogens (primary N) is 1. The van der Waals surface area contributed by atoms with Crippen LogP contribution in [0.1, 0.15) is 11.3 Å². The normalized spacial score (nSPS) is 10.4. The number of anilines is 2. The number of nitrogens with zero attached hydrogens (tertiary/aromatic N) is 3. The fraction of sp³-hybridized carbons (Fsp3) is 0.333. The van der Waals surface area contributed by atoms with Crippen LogP contribution in [0.3, 0.4) is 0 Å². The molecule has 0 spiro atoms. The van der Waals surface area contributed by atoms with E-state index in [9.17, 15) is 0 Å². The van der Waals surface area contributed by atoms with Crippen molar-refractivity contribution in [3.05, 3.63) is 29.6 Å². The van der Waals surface area contributed by atoms with Gasteiger partial charge in [0, 0.05) is 25.4 Å². The molecular weight excluding hydrogens is 230 g/mol. The molecule has 0 saturated carbocycles. The molecule has 0 radical (unpaired) electrons. The highest BCUT2D eigenvalue weighted by Gasteiger charge is 2.05. The highest BCUT2D eigenvalue weighted by molar-refractivity contribution is 5.53. The highest BCUT2D eigenvalue weighted by atomic mass is 16.5. The number of methoxy groups -OCH3 is 1. The van der Waals surface area contributed by atoms with Gasteiger partial charge in [0.05, 0.1) is 18.5 Å². The van der Waals surface area contributed by atoms with E-state index >= 15 is 0 Å². The third-order valence-corrected chi connectivity index (χ3v) is 2.66. The lowest BCUT2D eigenvalue weighted by atomic mass is 10.2. The van der Waals surface area contributed by atoms with E-state index < -0.39 is 0 Å². The minimum atomic E-state index is 0.433. The maximum atomic E-state index is 5.71. The molecule has 0 fully saturated rings. The summed E-state index contributed by atoms with van der Waals surface area (Å²) in [7, 11) is 3.45. The SMILES string of the molecule is COc1nc(NCc2cn(C)nc2C)ccc1N. The Morgan fingerprint density at radius 2 is 2.22 bits per heavy atom. The Labute approximate surface area is 106 Å². The third kappa shape index (κ3) is 2.53. The Hall–Kier alpha value is -2.24. The van der Waals surface area contributed by atoms with Gasteiger partial charge in [0.15, 0.2) is 0 Å². The first-order chi connectivity index (χ1) is 8.60.